The van der Waals surface area contributed by atoms with E-state index in [2.05, 4.69) is 5.32 Å². The highest BCUT2D eigenvalue weighted by molar-refractivity contribution is 7.12. The summed E-state index contributed by atoms with van der Waals surface area (Å²) >= 11 is 1.56. The molecule has 1 amide bonds. The Morgan fingerprint density at radius 3 is 2.57 bits per heavy atom. The molecule has 2 aromatic rings. The Morgan fingerprint density at radius 2 is 1.86 bits per heavy atom. The van der Waals surface area contributed by atoms with Crippen LogP contribution in [0.4, 0.5) is 5.69 Å². The van der Waals surface area contributed by atoms with Crippen LogP contribution in [0.15, 0.2) is 24.3 Å². The monoisotopic (exact) mass is 399 g/mol. The Bertz CT molecular complexity index is 915. The molecule has 1 N–H and O–H groups in total. The second kappa shape index (κ2) is 8.69. The van der Waals surface area contributed by atoms with Gasteiger partial charge in [-0.2, -0.15) is 0 Å². The van der Waals surface area contributed by atoms with Gasteiger partial charge in [0.15, 0.2) is 11.9 Å². The molecule has 0 bridgehead atoms. The van der Waals surface area contributed by atoms with Gasteiger partial charge in [0, 0.05) is 27.4 Å². The van der Waals surface area contributed by atoms with Gasteiger partial charge < -0.3 is 10.1 Å². The average Bonchev–Trinajstić information content (AvgIpc) is 3.24. The zero-order chi connectivity index (χ0) is 20.3. The van der Waals surface area contributed by atoms with Gasteiger partial charge in [0.05, 0.1) is 6.42 Å². The highest BCUT2D eigenvalue weighted by atomic mass is 32.1. The fourth-order valence-electron chi connectivity index (χ4n) is 3.46. The summed E-state index contributed by atoms with van der Waals surface area (Å²) in [5.41, 5.74) is 3.97. The lowest BCUT2D eigenvalue weighted by molar-refractivity contribution is -0.153. The second-order valence-corrected chi connectivity index (χ2v) is 8.67. The normalized spacial score (nSPS) is 13.7. The van der Waals surface area contributed by atoms with Crippen molar-refractivity contribution in [1.29, 1.82) is 0 Å². The number of ketones is 1. The smallest absolute Gasteiger partial charge is 0.307 e. The van der Waals surface area contributed by atoms with E-state index in [9.17, 15) is 14.4 Å². The first-order valence-corrected chi connectivity index (χ1v) is 10.4. The van der Waals surface area contributed by atoms with Crippen LogP contribution in [0.25, 0.3) is 0 Å². The fraction of sp³-hybridized carbons (Fsp3) is 0.409. The van der Waals surface area contributed by atoms with E-state index in [1.807, 2.05) is 38.1 Å². The molecule has 0 aliphatic heterocycles. The van der Waals surface area contributed by atoms with E-state index in [1.165, 1.54) is 18.1 Å². The summed E-state index contributed by atoms with van der Waals surface area (Å²) in [6.45, 7) is 5.38. The molecule has 1 aromatic heterocycles. The zero-order valence-electron chi connectivity index (χ0n) is 16.5. The van der Waals surface area contributed by atoms with Crippen molar-refractivity contribution in [2.24, 2.45) is 0 Å². The summed E-state index contributed by atoms with van der Waals surface area (Å²) in [5, 5.41) is 2.80. The third kappa shape index (κ3) is 4.87. The molecule has 1 atom stereocenters. The number of amides is 1. The van der Waals surface area contributed by atoms with E-state index >= 15 is 0 Å². The molecule has 1 heterocycles. The number of fused-ring (bicyclic) bond motifs is 1. The molecule has 6 heteroatoms. The van der Waals surface area contributed by atoms with Gasteiger partial charge in [-0.25, -0.2) is 0 Å². The molecule has 0 radical (unpaired) electrons. The van der Waals surface area contributed by atoms with Gasteiger partial charge in [-0.15, -0.1) is 11.3 Å². The van der Waals surface area contributed by atoms with Gasteiger partial charge in [-0.3, -0.25) is 14.4 Å². The maximum atomic E-state index is 12.3. The minimum atomic E-state index is -0.916. The van der Waals surface area contributed by atoms with Gasteiger partial charge in [-0.05, 0) is 69.4 Å². The number of hydrogen-bond donors (Lipinski definition) is 1. The topological polar surface area (TPSA) is 72.5 Å². The van der Waals surface area contributed by atoms with Gasteiger partial charge >= 0.3 is 5.97 Å². The van der Waals surface area contributed by atoms with E-state index < -0.39 is 12.1 Å². The van der Waals surface area contributed by atoms with Crippen molar-refractivity contribution >= 4 is 34.7 Å². The molecule has 0 spiro atoms. The predicted molar refractivity (Wildman–Crippen MR) is 110 cm³/mol. The number of carbonyl (C=O) groups is 3. The van der Waals surface area contributed by atoms with Crippen LogP contribution in [0, 0.1) is 13.8 Å². The number of anilines is 1. The Kier molecular flexibility index (Phi) is 6.29. The first-order chi connectivity index (χ1) is 13.3. The van der Waals surface area contributed by atoms with Crippen molar-refractivity contribution in [3.63, 3.8) is 0 Å². The number of ether oxygens (including phenoxy) is 1. The molecule has 0 unspecified atom stereocenters. The van der Waals surface area contributed by atoms with Crippen LogP contribution in [-0.4, -0.2) is 23.8 Å². The third-order valence-electron chi connectivity index (χ3n) is 4.94. The number of nitrogens with one attached hydrogen (secondary N) is 1. The molecule has 0 fully saturated rings. The Hall–Kier alpha value is -2.47. The number of hydrogen-bond acceptors (Lipinski definition) is 5. The molecule has 148 valence electrons. The maximum absolute atomic E-state index is 12.3. The van der Waals surface area contributed by atoms with E-state index in [4.69, 9.17) is 4.74 Å². The highest BCUT2D eigenvalue weighted by Gasteiger charge is 2.20. The summed E-state index contributed by atoms with van der Waals surface area (Å²) < 4.78 is 5.20. The molecule has 28 heavy (non-hydrogen) atoms. The van der Waals surface area contributed by atoms with Crippen molar-refractivity contribution in [2.45, 2.75) is 59.0 Å². The van der Waals surface area contributed by atoms with Gasteiger partial charge in [0.2, 0.25) is 0 Å². The molecule has 3 rings (SSSR count). The molecular weight excluding hydrogens is 374 g/mol. The quantitative estimate of drug-likeness (QED) is 0.554. The number of thiophene rings is 1. The average molecular weight is 400 g/mol. The molecule has 1 aliphatic rings. The van der Waals surface area contributed by atoms with Crippen molar-refractivity contribution < 1.29 is 19.1 Å². The van der Waals surface area contributed by atoms with Crippen LogP contribution in [0.1, 0.15) is 57.4 Å². The first-order valence-electron chi connectivity index (χ1n) is 9.56. The van der Waals surface area contributed by atoms with E-state index in [-0.39, 0.29) is 24.5 Å². The minimum absolute atomic E-state index is 0.0381. The Morgan fingerprint density at radius 1 is 1.11 bits per heavy atom. The van der Waals surface area contributed by atoms with Crippen molar-refractivity contribution in [3.8, 4) is 0 Å². The SMILES string of the molecule is Cc1cc(C(=O)CCC(=O)O[C@H](C)C(=O)Nc2ccc3c(c2)CCC3)c(C)s1. The van der Waals surface area contributed by atoms with E-state index in [0.29, 0.717) is 11.3 Å². The Balaban J connectivity index is 1.47. The van der Waals surface area contributed by atoms with Crippen LogP contribution in [0.5, 0.6) is 0 Å². The predicted octanol–water partition coefficient (Wildman–Crippen LogP) is 4.39. The molecule has 1 aliphatic carbocycles. The van der Waals surface area contributed by atoms with Crippen LogP contribution < -0.4 is 5.32 Å². The second-order valence-electron chi connectivity index (χ2n) is 7.21. The molecule has 5 nitrogen and oxygen atoms in total. The van der Waals surface area contributed by atoms with E-state index in [0.717, 1.165) is 29.0 Å². The minimum Gasteiger partial charge on any atom is -0.453 e. The standard InChI is InChI=1S/C22H25NO4S/c1-13-11-19(15(3)28-13)20(24)9-10-21(25)27-14(2)22(26)23-18-8-7-16-5-4-6-17(16)12-18/h7-8,11-12,14H,4-6,9-10H2,1-3H3,(H,23,26)/t14-/m1/s1. The zero-order valence-corrected chi connectivity index (χ0v) is 17.3. The van der Waals surface area contributed by atoms with Crippen LogP contribution >= 0.6 is 11.3 Å². The van der Waals surface area contributed by atoms with Crippen molar-refractivity contribution in [3.05, 3.63) is 50.7 Å². The first kappa shape index (κ1) is 20.3. The third-order valence-corrected chi connectivity index (χ3v) is 5.91. The summed E-state index contributed by atoms with van der Waals surface area (Å²) in [6, 6.07) is 7.74. The fourth-order valence-corrected chi connectivity index (χ4v) is 4.40. The van der Waals surface area contributed by atoms with Crippen LogP contribution in [0.3, 0.4) is 0 Å². The number of benzene rings is 1. The number of aryl methyl sites for hydroxylation is 4. The highest BCUT2D eigenvalue weighted by Crippen LogP contribution is 2.25. The molecule has 0 saturated carbocycles. The van der Waals surface area contributed by atoms with Crippen LogP contribution in [-0.2, 0) is 27.2 Å². The number of carbonyl (C=O) groups excluding carboxylic acids is 3. The summed E-state index contributed by atoms with van der Waals surface area (Å²) in [6.07, 6.45) is 2.38. The maximum Gasteiger partial charge on any atom is 0.307 e. The summed E-state index contributed by atoms with van der Waals surface area (Å²) in [7, 11) is 0. The number of esters is 1. The van der Waals surface area contributed by atoms with E-state index in [1.54, 1.807) is 11.3 Å². The lowest BCUT2D eigenvalue weighted by atomic mass is 10.1. The van der Waals surface area contributed by atoms with Crippen molar-refractivity contribution in [2.75, 3.05) is 5.32 Å². The number of Topliss-reactive ketones (excluding diaryl/α,β-unsaturated/α-hetero) is 1. The summed E-state index contributed by atoms with van der Waals surface area (Å²) in [4.78, 5) is 38.6. The number of rotatable bonds is 7. The lowest BCUT2D eigenvalue weighted by Crippen LogP contribution is -2.30. The Labute approximate surface area is 169 Å². The molecule has 0 saturated heterocycles. The molecule has 1 aromatic carbocycles. The van der Waals surface area contributed by atoms with Crippen molar-refractivity contribution in [1.82, 2.24) is 0 Å². The van der Waals surface area contributed by atoms with Gasteiger partial charge in [0.25, 0.3) is 5.91 Å². The van der Waals surface area contributed by atoms with Gasteiger partial charge in [0.1, 0.15) is 0 Å². The molecular formula is C22H25NO4S. The lowest BCUT2D eigenvalue weighted by Gasteiger charge is -2.14. The summed E-state index contributed by atoms with van der Waals surface area (Å²) in [5.74, 6) is -0.995. The van der Waals surface area contributed by atoms with Crippen LogP contribution in [0.2, 0.25) is 0 Å². The van der Waals surface area contributed by atoms with Gasteiger partial charge in [-0.1, -0.05) is 6.07 Å². The largest absolute Gasteiger partial charge is 0.453 e.